The molecule has 0 bridgehead atoms. The average molecular weight is 307 g/mol. The molecule has 0 aromatic carbocycles. The summed E-state index contributed by atoms with van der Waals surface area (Å²) >= 11 is 2.10. The molecule has 0 saturated carbocycles. The van der Waals surface area contributed by atoms with E-state index in [1.54, 1.807) is 0 Å². The first-order valence-electron chi connectivity index (χ1n) is 4.80. The van der Waals surface area contributed by atoms with Crippen LogP contribution in [0.1, 0.15) is 39.2 Å². The highest BCUT2D eigenvalue weighted by molar-refractivity contribution is 14.1. The van der Waals surface area contributed by atoms with Crippen LogP contribution in [0.3, 0.4) is 0 Å². The summed E-state index contributed by atoms with van der Waals surface area (Å²) in [5, 5.41) is 0. The maximum absolute atomic E-state index is 12.8. The van der Waals surface area contributed by atoms with Crippen LogP contribution in [0.5, 0.6) is 0 Å². The molecule has 78 valence electrons. The van der Waals surface area contributed by atoms with E-state index in [1.165, 1.54) is 6.07 Å². The Labute approximate surface area is 98.3 Å². The van der Waals surface area contributed by atoms with Gasteiger partial charge in [-0.2, -0.15) is 4.39 Å². The summed E-state index contributed by atoms with van der Waals surface area (Å²) in [6.07, 6.45) is 2.22. The molecule has 1 rings (SSSR count). The van der Waals surface area contributed by atoms with Gasteiger partial charge in [-0.3, -0.25) is 0 Å². The summed E-state index contributed by atoms with van der Waals surface area (Å²) in [7, 11) is 0. The Morgan fingerprint density at radius 3 is 2.57 bits per heavy atom. The average Bonchev–Trinajstić information content (AvgIpc) is 2.02. The second kappa shape index (κ2) is 4.55. The number of nitrogens with zero attached hydrogens (tertiary/aromatic N) is 1. The van der Waals surface area contributed by atoms with Crippen LogP contribution in [-0.4, -0.2) is 4.98 Å². The molecule has 14 heavy (non-hydrogen) atoms. The second-order valence-corrected chi connectivity index (χ2v) is 5.13. The topological polar surface area (TPSA) is 12.9 Å². The van der Waals surface area contributed by atoms with Crippen molar-refractivity contribution >= 4 is 22.6 Å². The van der Waals surface area contributed by atoms with Crippen LogP contribution < -0.4 is 0 Å². The number of halogens is 2. The minimum absolute atomic E-state index is 0.0893. The van der Waals surface area contributed by atoms with Crippen molar-refractivity contribution in [2.75, 3.05) is 0 Å². The molecule has 0 fully saturated rings. The van der Waals surface area contributed by atoms with E-state index in [2.05, 4.69) is 48.3 Å². The van der Waals surface area contributed by atoms with Crippen LogP contribution in [0.15, 0.2) is 12.1 Å². The highest BCUT2D eigenvalue weighted by atomic mass is 127. The summed E-state index contributed by atoms with van der Waals surface area (Å²) in [5.74, 6) is -0.398. The minimum atomic E-state index is -0.398. The standard InChI is InChI=1S/C11H15FIN/c1-4-7-11(2,3)8-5-6-9(12)14-10(8)13/h5-6H,4,7H2,1-3H3. The van der Waals surface area contributed by atoms with Gasteiger partial charge in [0.15, 0.2) is 0 Å². The van der Waals surface area contributed by atoms with E-state index in [1.807, 2.05) is 6.07 Å². The first kappa shape index (κ1) is 11.9. The smallest absolute Gasteiger partial charge is 0.213 e. The van der Waals surface area contributed by atoms with Crippen LogP contribution in [0, 0.1) is 9.65 Å². The van der Waals surface area contributed by atoms with Gasteiger partial charge in [0, 0.05) is 0 Å². The molecule has 0 aliphatic rings. The van der Waals surface area contributed by atoms with Crippen molar-refractivity contribution in [2.45, 2.75) is 39.0 Å². The lowest BCUT2D eigenvalue weighted by atomic mass is 9.82. The van der Waals surface area contributed by atoms with Crippen LogP contribution in [0.4, 0.5) is 4.39 Å². The molecule has 0 amide bonds. The van der Waals surface area contributed by atoms with Crippen molar-refractivity contribution in [1.29, 1.82) is 0 Å². The van der Waals surface area contributed by atoms with E-state index in [0.717, 1.165) is 22.1 Å². The van der Waals surface area contributed by atoms with Crippen molar-refractivity contribution in [3.63, 3.8) is 0 Å². The van der Waals surface area contributed by atoms with Gasteiger partial charge in [0.1, 0.15) is 3.70 Å². The van der Waals surface area contributed by atoms with Crippen molar-refractivity contribution < 1.29 is 4.39 Å². The Morgan fingerprint density at radius 1 is 1.43 bits per heavy atom. The first-order valence-corrected chi connectivity index (χ1v) is 5.88. The van der Waals surface area contributed by atoms with Crippen LogP contribution in [-0.2, 0) is 5.41 Å². The lowest BCUT2D eigenvalue weighted by Gasteiger charge is -2.25. The fourth-order valence-corrected chi connectivity index (χ4v) is 2.82. The number of aromatic nitrogens is 1. The maximum Gasteiger partial charge on any atom is 0.213 e. The third kappa shape index (κ3) is 2.65. The molecule has 0 N–H and O–H groups in total. The van der Waals surface area contributed by atoms with Gasteiger partial charge in [-0.1, -0.05) is 33.3 Å². The highest BCUT2D eigenvalue weighted by Gasteiger charge is 2.22. The summed E-state index contributed by atoms with van der Waals surface area (Å²) in [5.41, 5.74) is 1.23. The third-order valence-electron chi connectivity index (χ3n) is 2.42. The van der Waals surface area contributed by atoms with Crippen LogP contribution in [0.25, 0.3) is 0 Å². The normalized spacial score (nSPS) is 11.8. The Morgan fingerprint density at radius 2 is 2.07 bits per heavy atom. The zero-order valence-corrected chi connectivity index (χ0v) is 10.9. The predicted octanol–water partition coefficient (Wildman–Crippen LogP) is 3.90. The molecular weight excluding hydrogens is 292 g/mol. The lowest BCUT2D eigenvalue weighted by molar-refractivity contribution is 0.464. The minimum Gasteiger partial charge on any atom is -0.213 e. The zero-order valence-electron chi connectivity index (χ0n) is 8.77. The molecule has 0 spiro atoms. The summed E-state index contributed by atoms with van der Waals surface area (Å²) in [4.78, 5) is 3.84. The highest BCUT2D eigenvalue weighted by Crippen LogP contribution is 2.30. The largest absolute Gasteiger partial charge is 0.213 e. The van der Waals surface area contributed by atoms with E-state index in [-0.39, 0.29) is 5.41 Å². The summed E-state index contributed by atoms with van der Waals surface area (Å²) < 4.78 is 13.6. The van der Waals surface area contributed by atoms with E-state index >= 15 is 0 Å². The monoisotopic (exact) mass is 307 g/mol. The molecule has 1 aromatic rings. The van der Waals surface area contributed by atoms with Gasteiger partial charge in [-0.05, 0) is 46.1 Å². The summed E-state index contributed by atoms with van der Waals surface area (Å²) in [6.45, 7) is 6.51. The van der Waals surface area contributed by atoms with Crippen LogP contribution >= 0.6 is 22.6 Å². The molecule has 1 nitrogen and oxygen atoms in total. The SMILES string of the molecule is CCCC(C)(C)c1ccc(F)nc1I. The molecule has 0 aliphatic carbocycles. The van der Waals surface area contributed by atoms with E-state index in [9.17, 15) is 4.39 Å². The fraction of sp³-hybridized carbons (Fsp3) is 0.545. The number of hydrogen-bond donors (Lipinski definition) is 0. The predicted molar refractivity (Wildman–Crippen MR) is 64.8 cm³/mol. The van der Waals surface area contributed by atoms with Gasteiger partial charge < -0.3 is 0 Å². The third-order valence-corrected chi connectivity index (χ3v) is 3.24. The van der Waals surface area contributed by atoms with Gasteiger partial charge in [0.25, 0.3) is 0 Å². The van der Waals surface area contributed by atoms with E-state index in [0.29, 0.717) is 0 Å². The Balaban J connectivity index is 3.06. The van der Waals surface area contributed by atoms with Crippen LogP contribution in [0.2, 0.25) is 0 Å². The van der Waals surface area contributed by atoms with E-state index < -0.39 is 5.95 Å². The van der Waals surface area contributed by atoms with E-state index in [4.69, 9.17) is 0 Å². The quantitative estimate of drug-likeness (QED) is 0.609. The maximum atomic E-state index is 12.8. The Kier molecular flexibility index (Phi) is 3.86. The second-order valence-electron chi connectivity index (χ2n) is 4.11. The number of pyridine rings is 1. The molecule has 1 heterocycles. The molecule has 1 aromatic heterocycles. The lowest BCUT2D eigenvalue weighted by Crippen LogP contribution is -2.19. The van der Waals surface area contributed by atoms with Gasteiger partial charge in [-0.15, -0.1) is 0 Å². The molecule has 3 heteroatoms. The molecule has 0 atom stereocenters. The fourth-order valence-electron chi connectivity index (χ4n) is 1.68. The zero-order chi connectivity index (χ0) is 10.8. The number of rotatable bonds is 3. The molecule has 0 aliphatic heterocycles. The Bertz CT molecular complexity index is 323. The van der Waals surface area contributed by atoms with Crippen molar-refractivity contribution in [1.82, 2.24) is 4.98 Å². The first-order chi connectivity index (χ1) is 6.47. The molecule has 0 unspecified atom stereocenters. The van der Waals surface area contributed by atoms with Gasteiger partial charge in [-0.25, -0.2) is 4.98 Å². The van der Waals surface area contributed by atoms with Gasteiger partial charge >= 0.3 is 0 Å². The van der Waals surface area contributed by atoms with Gasteiger partial charge in [0.2, 0.25) is 5.95 Å². The van der Waals surface area contributed by atoms with Crippen molar-refractivity contribution in [3.05, 3.63) is 27.3 Å². The summed E-state index contributed by atoms with van der Waals surface area (Å²) in [6, 6.07) is 3.29. The Hall–Kier alpha value is -0.190. The van der Waals surface area contributed by atoms with Crippen molar-refractivity contribution in [2.24, 2.45) is 0 Å². The van der Waals surface area contributed by atoms with Crippen molar-refractivity contribution in [3.8, 4) is 0 Å². The number of hydrogen-bond acceptors (Lipinski definition) is 1. The molecule has 0 saturated heterocycles. The van der Waals surface area contributed by atoms with Gasteiger partial charge in [0.05, 0.1) is 0 Å². The molecule has 0 radical (unpaired) electrons. The molecular formula is C11H15FIN.